The zero-order chi connectivity index (χ0) is 34.1. The molecule has 0 atom stereocenters. The largest absolute Gasteiger partial charge is 0.241 e. The first kappa shape index (κ1) is 30.8. The van der Waals surface area contributed by atoms with Gasteiger partial charge in [-0.15, -0.1) is 0 Å². The van der Waals surface area contributed by atoms with Crippen LogP contribution in [0, 0.1) is 62.3 Å². The second kappa shape index (κ2) is 10.6. The minimum atomic E-state index is -2.35. The van der Waals surface area contributed by atoms with E-state index in [0.717, 1.165) is 0 Å². The van der Waals surface area contributed by atoms with Gasteiger partial charge in [-0.1, -0.05) is 130 Å². The van der Waals surface area contributed by atoms with Gasteiger partial charge >= 0.3 is 0 Å². The molecule has 0 radical (unpaired) electrons. The van der Waals surface area contributed by atoms with Crippen molar-refractivity contribution in [1.29, 1.82) is 0 Å². The summed E-state index contributed by atoms with van der Waals surface area (Å²) in [5.74, 6) is 0. The maximum Gasteiger partial charge on any atom is -0.0128 e. The fourth-order valence-electron chi connectivity index (χ4n) is 10.8. The van der Waals surface area contributed by atoms with Gasteiger partial charge in [0.25, 0.3) is 0 Å². The lowest BCUT2D eigenvalue weighted by atomic mass is 9.88. The topological polar surface area (TPSA) is 0 Å². The summed E-state index contributed by atoms with van der Waals surface area (Å²) < 4.78 is 0. The van der Waals surface area contributed by atoms with Crippen LogP contribution >= 0.6 is 0 Å². The van der Waals surface area contributed by atoms with E-state index in [1.165, 1.54) is 106 Å². The maximum atomic E-state index is 2.63. The van der Waals surface area contributed by atoms with E-state index >= 15 is 0 Å². The number of hydrogen-bond acceptors (Lipinski definition) is 0. The zero-order valence-electron chi connectivity index (χ0n) is 30.5. The van der Waals surface area contributed by atoms with Gasteiger partial charge in [-0.3, -0.25) is 0 Å². The molecule has 242 valence electrons. The van der Waals surface area contributed by atoms with Crippen LogP contribution in [-0.4, -0.2) is 15.5 Å². The van der Waals surface area contributed by atoms with E-state index in [9.17, 15) is 0 Å². The summed E-state index contributed by atoms with van der Waals surface area (Å²) >= 11 is 0. The lowest BCUT2D eigenvalue weighted by Crippen LogP contribution is -2.64. The van der Waals surface area contributed by atoms with Gasteiger partial charge in [-0.2, -0.15) is 9.99 Å². The summed E-state index contributed by atoms with van der Waals surface area (Å²) in [6, 6.07) is 36.9. The van der Waals surface area contributed by atoms with Crippen molar-refractivity contribution in [3.05, 3.63) is 146 Å². The molecule has 3 heterocycles. The third-order valence-electron chi connectivity index (χ3n) is 11.9. The Hall–Kier alpha value is -4.25. The molecule has 1 aromatic heterocycles. The van der Waals surface area contributed by atoms with Gasteiger partial charge in [0.15, 0.2) is 0 Å². The lowest BCUT2D eigenvalue weighted by molar-refractivity contribution is 1.19. The predicted molar refractivity (Wildman–Crippen MR) is 217 cm³/mol. The molecule has 6 aromatic carbocycles. The summed E-state index contributed by atoms with van der Waals surface area (Å²) in [6.07, 6.45) is 0. The molecule has 0 bridgehead atoms. The minimum absolute atomic E-state index is 1.21. The van der Waals surface area contributed by atoms with E-state index in [1.54, 1.807) is 26.3 Å². The standard InChI is InChI=1S/C47H45Si2/c1-26-16-30(5)42(31(6)17-26)37-12-10-13-38-45-34(9)20-29(4)23-41(45)48(46(37)38)49-24-35-21-27(2)18-32(7)43(35)39-14-11-15-40(47(39)49)44-33(8)19-28(3)22-36(44)25-49/h10-23H,24-25H2,1-9H3/q-1. The lowest BCUT2D eigenvalue weighted by Gasteiger charge is -2.52. The Bertz CT molecular complexity index is 2490. The first-order valence-corrected chi connectivity index (χ1v) is 22.9. The number of hydrogen-bond donors (Lipinski definition) is 0. The van der Waals surface area contributed by atoms with Crippen LogP contribution in [0.1, 0.15) is 61.2 Å². The summed E-state index contributed by atoms with van der Waals surface area (Å²) in [5.41, 5.74) is 24.9. The van der Waals surface area contributed by atoms with Gasteiger partial charge in [0.1, 0.15) is 0 Å². The molecular formula is C47H45Si2-. The Morgan fingerprint density at radius 2 is 0.918 bits per heavy atom. The molecule has 0 saturated heterocycles. The van der Waals surface area contributed by atoms with Crippen LogP contribution in [0.5, 0.6) is 0 Å². The molecule has 0 saturated carbocycles. The SMILES string of the molecule is Cc1cc(C)c(-c2cccc3c4c(C)cc(C)cc4[si-]([Si]45Cc6cc(C)cc(C)c6-c6cccc(c64)-c4c(C)cc(C)cc4C5)c23)c(C)c1. The second-order valence-electron chi connectivity index (χ2n) is 15.8. The summed E-state index contributed by atoms with van der Waals surface area (Å²) in [7, 11) is -3.63. The minimum Gasteiger partial charge on any atom is -0.241 e. The summed E-state index contributed by atoms with van der Waals surface area (Å²) in [5, 5.41) is 4.81. The van der Waals surface area contributed by atoms with Crippen molar-refractivity contribution in [3.63, 3.8) is 0 Å². The molecular weight excluding hydrogens is 621 g/mol. The van der Waals surface area contributed by atoms with Gasteiger partial charge in [0, 0.05) is 0 Å². The van der Waals surface area contributed by atoms with Crippen molar-refractivity contribution in [2.75, 3.05) is 0 Å². The van der Waals surface area contributed by atoms with E-state index in [0.29, 0.717) is 0 Å². The van der Waals surface area contributed by atoms with Crippen molar-refractivity contribution in [2.45, 2.75) is 74.4 Å². The molecule has 0 amide bonds. The van der Waals surface area contributed by atoms with E-state index in [-0.39, 0.29) is 0 Å². The van der Waals surface area contributed by atoms with Crippen LogP contribution in [-0.2, 0) is 12.1 Å². The van der Waals surface area contributed by atoms with Crippen LogP contribution in [0.3, 0.4) is 0 Å². The fraction of sp³-hybridized carbons (Fsp3) is 0.234. The normalized spacial score (nSPS) is 14.2. The first-order chi connectivity index (χ1) is 23.5. The quantitative estimate of drug-likeness (QED) is 0.161. The van der Waals surface area contributed by atoms with Crippen LogP contribution in [0.25, 0.3) is 54.1 Å². The summed E-state index contributed by atoms with van der Waals surface area (Å²) in [6.45, 7) is 20.9. The molecule has 2 aliphatic rings. The molecule has 2 heteroatoms. The highest BCUT2D eigenvalue weighted by Gasteiger charge is 2.43. The second-order valence-corrected chi connectivity index (χ2v) is 25.3. The Morgan fingerprint density at radius 3 is 1.49 bits per heavy atom. The molecule has 0 N–H and O–H groups in total. The number of benzene rings is 6. The van der Waals surface area contributed by atoms with Crippen LogP contribution in [0.15, 0.2) is 84.9 Å². The van der Waals surface area contributed by atoms with Gasteiger partial charge in [0.05, 0.1) is 0 Å². The summed E-state index contributed by atoms with van der Waals surface area (Å²) in [4.78, 5) is 3.37. The van der Waals surface area contributed by atoms with E-state index < -0.39 is 15.5 Å². The number of aryl methyl sites for hydroxylation is 9. The van der Waals surface area contributed by atoms with Crippen molar-refractivity contribution in [1.82, 2.24) is 0 Å². The molecule has 0 spiro atoms. The average molecular weight is 666 g/mol. The maximum absolute atomic E-state index is 2.63. The zero-order valence-corrected chi connectivity index (χ0v) is 32.5. The van der Waals surface area contributed by atoms with Crippen LogP contribution < -0.4 is 5.19 Å². The van der Waals surface area contributed by atoms with Gasteiger partial charge in [-0.05, 0) is 148 Å². The molecule has 9 rings (SSSR count). The molecule has 2 aliphatic heterocycles. The van der Waals surface area contributed by atoms with E-state index in [1.807, 2.05) is 0 Å². The van der Waals surface area contributed by atoms with Crippen LogP contribution in [0.2, 0.25) is 0 Å². The third-order valence-corrected chi connectivity index (χ3v) is 24.6. The van der Waals surface area contributed by atoms with Gasteiger partial charge < -0.3 is 0 Å². The van der Waals surface area contributed by atoms with E-state index in [2.05, 4.69) is 147 Å². The van der Waals surface area contributed by atoms with Crippen LogP contribution in [0.4, 0.5) is 0 Å². The first-order valence-electron chi connectivity index (χ1n) is 18.0. The van der Waals surface area contributed by atoms with Crippen molar-refractivity contribution in [3.8, 4) is 33.4 Å². The molecule has 0 nitrogen and oxygen atoms in total. The van der Waals surface area contributed by atoms with Crippen molar-refractivity contribution < 1.29 is 0 Å². The Kier molecular flexibility index (Phi) is 6.68. The molecule has 0 unspecified atom stereocenters. The molecule has 7 aromatic rings. The van der Waals surface area contributed by atoms with Gasteiger partial charge in [-0.25, -0.2) is 7.91 Å². The number of fused-ring (bicyclic) bond motifs is 7. The molecule has 0 aliphatic carbocycles. The highest BCUT2D eigenvalue weighted by Crippen LogP contribution is 2.49. The Morgan fingerprint density at radius 1 is 0.469 bits per heavy atom. The monoisotopic (exact) mass is 665 g/mol. The Labute approximate surface area is 294 Å². The smallest absolute Gasteiger partial charge is 0.0128 e. The highest BCUT2D eigenvalue weighted by molar-refractivity contribution is 7.42. The van der Waals surface area contributed by atoms with Crippen molar-refractivity contribution in [2.24, 2.45) is 0 Å². The fourth-order valence-corrected chi connectivity index (χ4v) is 26.5. The molecule has 49 heavy (non-hydrogen) atoms. The predicted octanol–water partition coefficient (Wildman–Crippen LogP) is 11.4. The third kappa shape index (κ3) is 4.26. The highest BCUT2D eigenvalue weighted by atomic mass is 29.2. The van der Waals surface area contributed by atoms with E-state index in [4.69, 9.17) is 0 Å². The number of rotatable bonds is 2. The molecule has 0 fully saturated rings. The average Bonchev–Trinajstić information content (AvgIpc) is 3.35. The van der Waals surface area contributed by atoms with Crippen molar-refractivity contribution >= 4 is 41.5 Å². The Balaban J connectivity index is 1.53. The van der Waals surface area contributed by atoms with Gasteiger partial charge in [0.2, 0.25) is 0 Å².